The zero-order valence-corrected chi connectivity index (χ0v) is 18.9. The second kappa shape index (κ2) is 8.94. The van der Waals surface area contributed by atoms with Gasteiger partial charge in [0.15, 0.2) is 11.6 Å². The standard InChI is InChI=1S/C22H17BrF3N5O2/c1-12(20-29-21(23)30-31(20)19-5-2-13(10-27)11-28-19)6-18(32)16-7-15(14-3-4-14)8-17(9-16)33-22(24,25)26/h2,5,7-9,11-12,14H,3-4,6H2,1H3. The second-order valence-corrected chi connectivity index (χ2v) is 8.52. The minimum atomic E-state index is -4.84. The van der Waals surface area contributed by atoms with Crippen molar-refractivity contribution in [3.05, 3.63) is 63.8 Å². The van der Waals surface area contributed by atoms with Gasteiger partial charge in [0.2, 0.25) is 4.73 Å². The van der Waals surface area contributed by atoms with E-state index in [0.29, 0.717) is 27.5 Å². The van der Waals surface area contributed by atoms with E-state index in [4.69, 9.17) is 5.26 Å². The minimum absolute atomic E-state index is 0.0129. The SMILES string of the molecule is CC(CC(=O)c1cc(OC(F)(F)F)cc(C2CC2)c1)c1nc(Br)nn1-c1ccc(C#N)cn1. The smallest absolute Gasteiger partial charge is 0.406 e. The average molecular weight is 520 g/mol. The van der Waals surface area contributed by atoms with E-state index >= 15 is 0 Å². The Hall–Kier alpha value is -3.26. The van der Waals surface area contributed by atoms with Gasteiger partial charge in [-0.2, -0.15) is 9.94 Å². The highest BCUT2D eigenvalue weighted by molar-refractivity contribution is 9.10. The average Bonchev–Trinajstić information content (AvgIpc) is 3.54. The lowest BCUT2D eigenvalue weighted by molar-refractivity contribution is -0.274. The number of carbonyl (C=O) groups is 1. The molecule has 0 amide bonds. The quantitative estimate of drug-likeness (QED) is 0.385. The maximum atomic E-state index is 13.0. The maximum Gasteiger partial charge on any atom is 0.573 e. The zero-order valence-electron chi connectivity index (χ0n) is 17.3. The van der Waals surface area contributed by atoms with Crippen LogP contribution >= 0.6 is 15.9 Å². The van der Waals surface area contributed by atoms with Crippen molar-refractivity contribution in [1.82, 2.24) is 19.7 Å². The van der Waals surface area contributed by atoms with Gasteiger partial charge in [-0.15, -0.1) is 18.3 Å². The van der Waals surface area contributed by atoms with Gasteiger partial charge in [-0.05, 0) is 70.6 Å². The van der Waals surface area contributed by atoms with Crippen molar-refractivity contribution in [2.75, 3.05) is 0 Å². The summed E-state index contributed by atoms with van der Waals surface area (Å²) in [6.07, 6.45) is -1.72. The minimum Gasteiger partial charge on any atom is -0.406 e. The molecule has 7 nitrogen and oxygen atoms in total. The second-order valence-electron chi connectivity index (χ2n) is 7.81. The lowest BCUT2D eigenvalue weighted by atomic mass is 9.96. The van der Waals surface area contributed by atoms with Gasteiger partial charge in [0.1, 0.15) is 17.6 Å². The number of hydrogen-bond donors (Lipinski definition) is 0. The lowest BCUT2D eigenvalue weighted by Gasteiger charge is -2.14. The van der Waals surface area contributed by atoms with Crippen LogP contribution in [0.15, 0.2) is 41.3 Å². The molecule has 0 aliphatic heterocycles. The number of benzene rings is 1. The fourth-order valence-electron chi connectivity index (χ4n) is 3.48. The number of nitriles is 1. The van der Waals surface area contributed by atoms with Crippen LogP contribution in [0.25, 0.3) is 5.82 Å². The van der Waals surface area contributed by atoms with Gasteiger partial charge >= 0.3 is 6.36 Å². The Balaban J connectivity index is 1.59. The molecule has 0 bridgehead atoms. The highest BCUT2D eigenvalue weighted by atomic mass is 79.9. The third kappa shape index (κ3) is 5.57. The molecule has 1 unspecified atom stereocenters. The lowest BCUT2D eigenvalue weighted by Crippen LogP contribution is -2.18. The Kier molecular flexibility index (Phi) is 6.21. The van der Waals surface area contributed by atoms with Crippen LogP contribution in [0.1, 0.15) is 65.3 Å². The molecule has 1 aliphatic carbocycles. The monoisotopic (exact) mass is 519 g/mol. The van der Waals surface area contributed by atoms with Gasteiger partial charge in [-0.25, -0.2) is 9.97 Å². The number of rotatable bonds is 7. The molecule has 1 fully saturated rings. The van der Waals surface area contributed by atoms with E-state index in [1.807, 2.05) is 6.07 Å². The van der Waals surface area contributed by atoms with Gasteiger partial charge in [0.05, 0.1) is 5.56 Å². The Morgan fingerprint density at radius 2 is 2.09 bits per heavy atom. The van der Waals surface area contributed by atoms with Crippen LogP contribution in [-0.4, -0.2) is 31.9 Å². The van der Waals surface area contributed by atoms with Crippen molar-refractivity contribution in [3.8, 4) is 17.6 Å². The molecular formula is C22H17BrF3N5O2. The number of ketones is 1. The number of hydrogen-bond acceptors (Lipinski definition) is 6. The third-order valence-electron chi connectivity index (χ3n) is 5.17. The number of pyridine rings is 1. The molecule has 0 radical (unpaired) electrons. The van der Waals surface area contributed by atoms with Gasteiger partial charge in [0, 0.05) is 24.1 Å². The van der Waals surface area contributed by atoms with Crippen molar-refractivity contribution >= 4 is 21.7 Å². The molecule has 2 aromatic heterocycles. The molecule has 170 valence electrons. The van der Waals surface area contributed by atoms with Crippen LogP contribution in [0.5, 0.6) is 5.75 Å². The normalized spacial score (nSPS) is 14.5. The molecule has 1 atom stereocenters. The number of alkyl halides is 3. The van der Waals surface area contributed by atoms with E-state index < -0.39 is 18.0 Å². The van der Waals surface area contributed by atoms with Crippen LogP contribution in [0, 0.1) is 11.3 Å². The fourth-order valence-corrected chi connectivity index (χ4v) is 3.82. The van der Waals surface area contributed by atoms with Crippen molar-refractivity contribution < 1.29 is 22.7 Å². The van der Waals surface area contributed by atoms with E-state index in [0.717, 1.165) is 18.9 Å². The van der Waals surface area contributed by atoms with Crippen molar-refractivity contribution in [1.29, 1.82) is 5.26 Å². The van der Waals surface area contributed by atoms with Crippen LogP contribution < -0.4 is 4.74 Å². The predicted octanol–water partition coefficient (Wildman–Crippen LogP) is 5.45. The summed E-state index contributed by atoms with van der Waals surface area (Å²) in [5.41, 5.74) is 1.21. The number of carbonyl (C=O) groups excluding carboxylic acids is 1. The van der Waals surface area contributed by atoms with Crippen molar-refractivity contribution in [3.63, 3.8) is 0 Å². The summed E-state index contributed by atoms with van der Waals surface area (Å²) in [6.45, 7) is 1.77. The van der Waals surface area contributed by atoms with Gasteiger partial charge in [-0.1, -0.05) is 6.92 Å². The van der Waals surface area contributed by atoms with Crippen LogP contribution in [-0.2, 0) is 0 Å². The Labute approximate surface area is 195 Å². The number of halogens is 4. The molecule has 2 heterocycles. The summed E-state index contributed by atoms with van der Waals surface area (Å²) in [6, 6.07) is 9.28. The third-order valence-corrected chi connectivity index (χ3v) is 5.50. The van der Waals surface area contributed by atoms with Gasteiger partial charge in [-0.3, -0.25) is 4.79 Å². The summed E-state index contributed by atoms with van der Waals surface area (Å²) in [4.78, 5) is 21.6. The molecule has 3 aromatic rings. The molecule has 0 spiro atoms. The van der Waals surface area contributed by atoms with E-state index in [2.05, 4.69) is 35.7 Å². The molecule has 1 aliphatic rings. The summed E-state index contributed by atoms with van der Waals surface area (Å²) in [7, 11) is 0. The zero-order chi connectivity index (χ0) is 23.8. The van der Waals surface area contributed by atoms with E-state index in [-0.39, 0.29) is 23.7 Å². The molecule has 1 saturated carbocycles. The summed E-state index contributed by atoms with van der Waals surface area (Å²) >= 11 is 3.23. The number of aromatic nitrogens is 4. The summed E-state index contributed by atoms with van der Waals surface area (Å²) in [5, 5.41) is 13.2. The first kappa shape index (κ1) is 22.9. The number of ether oxygens (including phenoxy) is 1. The van der Waals surface area contributed by atoms with E-state index in [9.17, 15) is 18.0 Å². The maximum absolute atomic E-state index is 13.0. The van der Waals surface area contributed by atoms with Crippen LogP contribution in [0.4, 0.5) is 13.2 Å². The Morgan fingerprint density at radius 3 is 2.70 bits per heavy atom. The first-order valence-corrected chi connectivity index (χ1v) is 10.8. The molecular weight excluding hydrogens is 503 g/mol. The largest absolute Gasteiger partial charge is 0.573 e. The topological polar surface area (TPSA) is 93.7 Å². The fraction of sp³-hybridized carbons (Fsp3) is 0.318. The molecule has 1 aromatic carbocycles. The molecule has 0 saturated heterocycles. The first-order valence-electron chi connectivity index (χ1n) is 10.1. The summed E-state index contributed by atoms with van der Waals surface area (Å²) in [5.74, 6) is -0.153. The van der Waals surface area contributed by atoms with Crippen molar-refractivity contribution in [2.24, 2.45) is 0 Å². The highest BCUT2D eigenvalue weighted by Gasteiger charge is 2.33. The summed E-state index contributed by atoms with van der Waals surface area (Å²) < 4.78 is 44.1. The van der Waals surface area contributed by atoms with Gasteiger partial charge < -0.3 is 4.74 Å². The van der Waals surface area contributed by atoms with E-state index in [1.165, 1.54) is 16.9 Å². The number of Topliss-reactive ketones (excluding diaryl/α,β-unsaturated/α-hetero) is 1. The van der Waals surface area contributed by atoms with Crippen molar-refractivity contribution in [2.45, 2.75) is 44.4 Å². The highest BCUT2D eigenvalue weighted by Crippen LogP contribution is 2.42. The van der Waals surface area contributed by atoms with Crippen LogP contribution in [0.3, 0.4) is 0 Å². The Morgan fingerprint density at radius 1 is 1.33 bits per heavy atom. The molecule has 4 rings (SSSR count). The number of nitrogens with zero attached hydrogens (tertiary/aromatic N) is 5. The molecule has 0 N–H and O–H groups in total. The molecule has 11 heteroatoms. The predicted molar refractivity (Wildman–Crippen MR) is 114 cm³/mol. The van der Waals surface area contributed by atoms with E-state index in [1.54, 1.807) is 25.1 Å². The first-order chi connectivity index (χ1) is 15.6. The molecule has 33 heavy (non-hydrogen) atoms. The Bertz CT molecular complexity index is 1230. The van der Waals surface area contributed by atoms with Crippen LogP contribution in [0.2, 0.25) is 0 Å². The van der Waals surface area contributed by atoms with Gasteiger partial charge in [0.25, 0.3) is 0 Å².